The van der Waals surface area contributed by atoms with Gasteiger partial charge in [0, 0.05) is 25.2 Å². The summed E-state index contributed by atoms with van der Waals surface area (Å²) >= 11 is 12.7. The minimum Gasteiger partial charge on any atom is -0.335 e. The Balaban J connectivity index is 1.25. The van der Waals surface area contributed by atoms with Crippen LogP contribution in [0.25, 0.3) is 0 Å². The number of nitrogens with zero attached hydrogens (tertiary/aromatic N) is 3. The monoisotopic (exact) mass is 353 g/mol. The van der Waals surface area contributed by atoms with Crippen LogP contribution in [-0.2, 0) is 17.9 Å². The molecule has 2 heterocycles. The number of hydrogen-bond donors (Lipinski definition) is 0. The molecule has 0 bridgehead atoms. The van der Waals surface area contributed by atoms with Gasteiger partial charge in [0.1, 0.15) is 4.33 Å². The summed E-state index contributed by atoms with van der Waals surface area (Å²) in [5.74, 6) is 2.69. The molecule has 3 saturated carbocycles. The van der Waals surface area contributed by atoms with E-state index in [-0.39, 0.29) is 5.92 Å². The molecule has 1 unspecified atom stereocenters. The van der Waals surface area contributed by atoms with E-state index in [4.69, 9.17) is 23.2 Å². The summed E-state index contributed by atoms with van der Waals surface area (Å²) in [5.41, 5.74) is 1.15. The Kier molecular flexibility index (Phi) is 3.10. The van der Waals surface area contributed by atoms with Crippen molar-refractivity contribution < 1.29 is 4.79 Å². The van der Waals surface area contributed by atoms with Gasteiger partial charge in [-0.3, -0.25) is 4.79 Å². The molecule has 1 aromatic heterocycles. The SMILES string of the molecule is O=C(C1[C@@H]2CC[C@@H]3[C@H](CC[C@@H]12)C3(Cl)Cl)N1CCn2cncc2C1. The Morgan fingerprint density at radius 3 is 2.52 bits per heavy atom. The van der Waals surface area contributed by atoms with Gasteiger partial charge >= 0.3 is 0 Å². The van der Waals surface area contributed by atoms with Gasteiger partial charge in [-0.25, -0.2) is 4.98 Å². The Bertz CT molecular complexity index is 636. The molecule has 0 radical (unpaired) electrons. The molecule has 124 valence electrons. The number of amides is 1. The number of alkyl halides is 2. The van der Waals surface area contributed by atoms with Crippen LogP contribution in [0.1, 0.15) is 31.4 Å². The summed E-state index contributed by atoms with van der Waals surface area (Å²) in [5, 5.41) is 0. The lowest BCUT2D eigenvalue weighted by molar-refractivity contribution is -0.134. The molecular formula is C17H21Cl2N3O. The zero-order valence-corrected chi connectivity index (χ0v) is 14.5. The van der Waals surface area contributed by atoms with Crippen molar-refractivity contribution in [3.8, 4) is 0 Å². The van der Waals surface area contributed by atoms with E-state index < -0.39 is 4.33 Å². The fraction of sp³-hybridized carbons (Fsp3) is 0.765. The van der Waals surface area contributed by atoms with Gasteiger partial charge in [0.05, 0.1) is 18.6 Å². The predicted octanol–water partition coefficient (Wildman–Crippen LogP) is 3.08. The van der Waals surface area contributed by atoms with E-state index >= 15 is 0 Å². The van der Waals surface area contributed by atoms with Crippen molar-refractivity contribution in [3.63, 3.8) is 0 Å². The first-order valence-electron chi connectivity index (χ1n) is 8.73. The molecule has 0 saturated heterocycles. The first kappa shape index (κ1) is 14.6. The fourth-order valence-electron chi connectivity index (χ4n) is 5.17. The highest BCUT2D eigenvalue weighted by Crippen LogP contribution is 2.67. The maximum absolute atomic E-state index is 12.9. The Labute approximate surface area is 146 Å². The number of aromatic nitrogens is 2. The van der Waals surface area contributed by atoms with E-state index in [1.54, 1.807) is 0 Å². The van der Waals surface area contributed by atoms with Crippen LogP contribution < -0.4 is 0 Å². The number of hydrogen-bond acceptors (Lipinski definition) is 2. The van der Waals surface area contributed by atoms with Gasteiger partial charge in [-0.2, -0.15) is 0 Å². The van der Waals surface area contributed by atoms with E-state index in [1.807, 2.05) is 17.4 Å². The molecule has 6 heteroatoms. The Morgan fingerprint density at radius 1 is 1.13 bits per heavy atom. The standard InChI is InChI=1S/C17H21Cl2N3O/c18-17(19)13-3-1-11-12(2-4-14(13)17)15(11)16(23)21-5-6-22-9-20-7-10(22)8-21/h7,9,11-15H,1-6,8H2/t11-,12-,13-,14+,15?/m1/s1. The zero-order valence-electron chi connectivity index (χ0n) is 13.0. The lowest BCUT2D eigenvalue weighted by atomic mass is 10.0. The third kappa shape index (κ3) is 2.17. The zero-order chi connectivity index (χ0) is 15.8. The number of rotatable bonds is 1. The highest BCUT2D eigenvalue weighted by Gasteiger charge is 2.65. The molecule has 0 N–H and O–H groups in total. The Morgan fingerprint density at radius 2 is 1.83 bits per heavy atom. The summed E-state index contributed by atoms with van der Waals surface area (Å²) in [6.07, 6.45) is 8.16. The molecule has 4 nitrogen and oxygen atoms in total. The van der Waals surface area contributed by atoms with Gasteiger partial charge in [0.2, 0.25) is 5.91 Å². The maximum atomic E-state index is 12.9. The van der Waals surface area contributed by atoms with Crippen LogP contribution in [0, 0.1) is 29.6 Å². The number of carbonyl (C=O) groups excluding carboxylic acids is 1. The minimum atomic E-state index is -0.471. The van der Waals surface area contributed by atoms with E-state index in [1.165, 1.54) is 0 Å². The lowest BCUT2D eigenvalue weighted by Crippen LogP contribution is -2.39. The summed E-state index contributed by atoms with van der Waals surface area (Å²) in [4.78, 5) is 19.2. The maximum Gasteiger partial charge on any atom is 0.226 e. The second kappa shape index (κ2) is 4.89. The third-order valence-corrected chi connectivity index (χ3v) is 7.80. The van der Waals surface area contributed by atoms with E-state index in [0.717, 1.165) is 44.5 Å². The first-order valence-corrected chi connectivity index (χ1v) is 9.48. The average molecular weight is 354 g/mol. The van der Waals surface area contributed by atoms with Crippen LogP contribution in [0.15, 0.2) is 12.5 Å². The molecule has 5 rings (SSSR count). The van der Waals surface area contributed by atoms with Crippen molar-refractivity contribution in [2.75, 3.05) is 6.54 Å². The average Bonchev–Trinajstić information content (AvgIpc) is 3.20. The van der Waals surface area contributed by atoms with Crippen molar-refractivity contribution in [2.45, 2.75) is 43.1 Å². The molecule has 5 atom stereocenters. The number of imidazole rings is 1. The van der Waals surface area contributed by atoms with E-state index in [2.05, 4.69) is 9.55 Å². The largest absolute Gasteiger partial charge is 0.335 e. The fourth-order valence-corrected chi connectivity index (χ4v) is 6.09. The first-order chi connectivity index (χ1) is 11.1. The molecule has 23 heavy (non-hydrogen) atoms. The van der Waals surface area contributed by atoms with Crippen molar-refractivity contribution in [1.82, 2.24) is 14.5 Å². The van der Waals surface area contributed by atoms with Crippen LogP contribution in [0.4, 0.5) is 0 Å². The minimum absolute atomic E-state index is 0.252. The van der Waals surface area contributed by atoms with Crippen LogP contribution in [0.5, 0.6) is 0 Å². The normalized spacial score (nSPS) is 40.3. The smallest absolute Gasteiger partial charge is 0.226 e. The molecule has 0 aromatic carbocycles. The summed E-state index contributed by atoms with van der Waals surface area (Å²) < 4.78 is 1.68. The molecule has 1 aliphatic heterocycles. The summed E-state index contributed by atoms with van der Waals surface area (Å²) in [6, 6.07) is 0. The van der Waals surface area contributed by atoms with Crippen molar-refractivity contribution >= 4 is 29.1 Å². The molecule has 4 aliphatic rings. The molecule has 1 aromatic rings. The quantitative estimate of drug-likeness (QED) is 0.727. The van der Waals surface area contributed by atoms with Gasteiger partial charge < -0.3 is 9.47 Å². The second-order valence-electron chi connectivity index (χ2n) is 7.73. The summed E-state index contributed by atoms with van der Waals surface area (Å²) in [6.45, 7) is 2.40. The predicted molar refractivity (Wildman–Crippen MR) is 88.0 cm³/mol. The number of halogens is 2. The van der Waals surface area contributed by atoms with Crippen molar-refractivity contribution in [2.24, 2.45) is 29.6 Å². The molecule has 0 spiro atoms. The third-order valence-electron chi connectivity index (χ3n) is 6.68. The highest BCUT2D eigenvalue weighted by molar-refractivity contribution is 6.51. The van der Waals surface area contributed by atoms with Gasteiger partial charge in [-0.1, -0.05) is 0 Å². The van der Waals surface area contributed by atoms with Gasteiger partial charge in [-0.15, -0.1) is 23.2 Å². The van der Waals surface area contributed by atoms with Gasteiger partial charge in [0.15, 0.2) is 0 Å². The Hall–Kier alpha value is -0.740. The molecular weight excluding hydrogens is 333 g/mol. The van der Waals surface area contributed by atoms with Crippen LogP contribution in [-0.4, -0.2) is 31.2 Å². The van der Waals surface area contributed by atoms with Crippen molar-refractivity contribution in [3.05, 3.63) is 18.2 Å². The molecule has 3 aliphatic carbocycles. The van der Waals surface area contributed by atoms with Crippen molar-refractivity contribution in [1.29, 1.82) is 0 Å². The lowest BCUT2D eigenvalue weighted by Gasteiger charge is -2.28. The highest BCUT2D eigenvalue weighted by atomic mass is 35.5. The van der Waals surface area contributed by atoms with E-state index in [9.17, 15) is 4.79 Å². The van der Waals surface area contributed by atoms with Gasteiger partial charge in [-0.05, 0) is 49.4 Å². The van der Waals surface area contributed by atoms with Crippen LogP contribution >= 0.6 is 23.2 Å². The second-order valence-corrected chi connectivity index (χ2v) is 9.18. The number of fused-ring (bicyclic) bond motifs is 3. The number of carbonyl (C=O) groups is 1. The summed E-state index contributed by atoms with van der Waals surface area (Å²) in [7, 11) is 0. The molecule has 3 fully saturated rings. The van der Waals surface area contributed by atoms with Gasteiger partial charge in [0.25, 0.3) is 0 Å². The van der Waals surface area contributed by atoms with Crippen LogP contribution in [0.2, 0.25) is 0 Å². The topological polar surface area (TPSA) is 38.1 Å². The van der Waals surface area contributed by atoms with Crippen LogP contribution in [0.3, 0.4) is 0 Å². The molecule has 1 amide bonds. The van der Waals surface area contributed by atoms with E-state index in [0.29, 0.717) is 36.1 Å².